The quantitative estimate of drug-likeness (QED) is 0.400. The molecule has 0 aliphatic rings. The highest BCUT2D eigenvalue weighted by atomic mass is 32.2. The third-order valence-corrected chi connectivity index (χ3v) is 8.04. The first-order chi connectivity index (χ1) is 15.7. The number of halogens is 1. The van der Waals surface area contributed by atoms with Gasteiger partial charge in [-0.1, -0.05) is 44.2 Å². The lowest BCUT2D eigenvalue weighted by atomic mass is 10.2. The Morgan fingerprint density at radius 3 is 2.24 bits per heavy atom. The van der Waals surface area contributed by atoms with E-state index in [2.05, 4.69) is 0 Å². The summed E-state index contributed by atoms with van der Waals surface area (Å²) in [4.78, 5) is 16.3. The van der Waals surface area contributed by atoms with Crippen LogP contribution in [0.25, 0.3) is 0 Å². The summed E-state index contributed by atoms with van der Waals surface area (Å²) in [6.07, 6.45) is 0. The Hall–Kier alpha value is -2.55. The van der Waals surface area contributed by atoms with E-state index in [9.17, 15) is 17.6 Å². The Morgan fingerprint density at radius 2 is 1.67 bits per heavy atom. The van der Waals surface area contributed by atoms with Crippen molar-refractivity contribution in [2.24, 2.45) is 5.92 Å². The second-order valence-corrected chi connectivity index (χ2v) is 11.3. The predicted octanol–water partition coefficient (Wildman–Crippen LogP) is 5.07. The zero-order chi connectivity index (χ0) is 24.0. The summed E-state index contributed by atoms with van der Waals surface area (Å²) in [5.74, 6) is -0.601. The highest BCUT2D eigenvalue weighted by Gasteiger charge is 2.29. The first-order valence-corrected chi connectivity index (χ1v) is 13.1. The average molecular weight is 489 g/mol. The van der Waals surface area contributed by atoms with E-state index in [0.29, 0.717) is 6.54 Å². The molecule has 0 N–H and O–H groups in total. The molecule has 1 aromatic heterocycles. The molecular formula is C25H29FN2O3S2. The number of hydrogen-bond donors (Lipinski definition) is 0. The SMILES string of the molecule is Cc1ccsc1CN(Cc1ccc(F)cc1)C(=O)CN(CC(C)C)S(=O)(=O)c1ccccc1. The molecule has 0 spiro atoms. The summed E-state index contributed by atoms with van der Waals surface area (Å²) in [5.41, 5.74) is 1.85. The Morgan fingerprint density at radius 1 is 1.00 bits per heavy atom. The number of rotatable bonds is 10. The van der Waals surface area contributed by atoms with Gasteiger partial charge in [-0.25, -0.2) is 12.8 Å². The molecule has 0 unspecified atom stereocenters. The van der Waals surface area contributed by atoms with Crippen molar-refractivity contribution in [3.63, 3.8) is 0 Å². The maximum Gasteiger partial charge on any atom is 0.243 e. The molecule has 3 aromatic rings. The van der Waals surface area contributed by atoms with E-state index in [1.54, 1.807) is 58.7 Å². The van der Waals surface area contributed by atoms with Crippen molar-refractivity contribution in [2.75, 3.05) is 13.1 Å². The molecule has 8 heteroatoms. The molecule has 0 aliphatic carbocycles. The fraction of sp³-hybridized carbons (Fsp3) is 0.320. The predicted molar refractivity (Wildman–Crippen MR) is 130 cm³/mol. The number of thiophene rings is 1. The number of carbonyl (C=O) groups excluding carboxylic acids is 1. The monoisotopic (exact) mass is 488 g/mol. The van der Waals surface area contributed by atoms with Gasteiger partial charge in [-0.15, -0.1) is 11.3 Å². The van der Waals surface area contributed by atoms with Gasteiger partial charge in [0, 0.05) is 18.0 Å². The van der Waals surface area contributed by atoms with Crippen LogP contribution in [0.15, 0.2) is 70.9 Å². The van der Waals surface area contributed by atoms with Gasteiger partial charge in [0.05, 0.1) is 18.0 Å². The molecule has 2 aromatic carbocycles. The maximum atomic E-state index is 13.5. The van der Waals surface area contributed by atoms with Crippen molar-refractivity contribution in [1.82, 2.24) is 9.21 Å². The minimum atomic E-state index is -3.83. The van der Waals surface area contributed by atoms with Gasteiger partial charge in [0.2, 0.25) is 15.9 Å². The second kappa shape index (κ2) is 11.0. The highest BCUT2D eigenvalue weighted by Crippen LogP contribution is 2.22. The zero-order valence-electron chi connectivity index (χ0n) is 19.1. The van der Waals surface area contributed by atoms with Crippen LogP contribution in [0.1, 0.15) is 29.9 Å². The van der Waals surface area contributed by atoms with Gasteiger partial charge >= 0.3 is 0 Å². The van der Waals surface area contributed by atoms with Gasteiger partial charge in [0.15, 0.2) is 0 Å². The van der Waals surface area contributed by atoms with Gasteiger partial charge in [0.25, 0.3) is 0 Å². The highest BCUT2D eigenvalue weighted by molar-refractivity contribution is 7.89. The van der Waals surface area contributed by atoms with E-state index >= 15 is 0 Å². The third kappa shape index (κ3) is 6.72. The van der Waals surface area contributed by atoms with E-state index in [-0.39, 0.29) is 42.2 Å². The fourth-order valence-corrected chi connectivity index (χ4v) is 5.92. The van der Waals surface area contributed by atoms with Crippen LogP contribution in [-0.4, -0.2) is 36.6 Å². The molecule has 0 atom stereocenters. The van der Waals surface area contributed by atoms with E-state index in [0.717, 1.165) is 16.0 Å². The molecule has 3 rings (SSSR count). The van der Waals surface area contributed by atoms with Crippen LogP contribution in [0.4, 0.5) is 4.39 Å². The van der Waals surface area contributed by atoms with Crippen LogP contribution in [0.5, 0.6) is 0 Å². The summed E-state index contributed by atoms with van der Waals surface area (Å²) in [7, 11) is -3.83. The van der Waals surface area contributed by atoms with Crippen molar-refractivity contribution in [1.29, 1.82) is 0 Å². The molecule has 5 nitrogen and oxygen atoms in total. The number of aryl methyl sites for hydroxylation is 1. The summed E-state index contributed by atoms with van der Waals surface area (Å²) in [6, 6.07) is 16.2. The van der Waals surface area contributed by atoms with Crippen LogP contribution in [0, 0.1) is 18.7 Å². The van der Waals surface area contributed by atoms with Crippen molar-refractivity contribution in [3.05, 3.63) is 87.9 Å². The molecule has 33 heavy (non-hydrogen) atoms. The molecule has 0 fully saturated rings. The fourth-order valence-electron chi connectivity index (χ4n) is 3.43. The minimum absolute atomic E-state index is 0.0429. The lowest BCUT2D eigenvalue weighted by Gasteiger charge is -2.28. The van der Waals surface area contributed by atoms with Crippen molar-refractivity contribution >= 4 is 27.3 Å². The number of carbonyl (C=O) groups is 1. The maximum absolute atomic E-state index is 13.5. The number of nitrogens with zero attached hydrogens (tertiary/aromatic N) is 2. The standard InChI is InChI=1S/C25H29FN2O3S2/c1-19(2)15-28(33(30,31)23-7-5-4-6-8-23)18-25(29)27(17-24-20(3)13-14-32-24)16-21-9-11-22(26)12-10-21/h4-14,19H,15-18H2,1-3H3. The molecule has 0 saturated carbocycles. The van der Waals surface area contributed by atoms with Gasteiger partial charge in [-0.3, -0.25) is 4.79 Å². The summed E-state index contributed by atoms with van der Waals surface area (Å²) < 4.78 is 41.2. The smallest absolute Gasteiger partial charge is 0.243 e. The average Bonchev–Trinajstić information content (AvgIpc) is 3.19. The molecule has 0 bridgehead atoms. The van der Waals surface area contributed by atoms with Gasteiger partial charge in [-0.2, -0.15) is 4.31 Å². The molecular weight excluding hydrogens is 459 g/mol. The Bertz CT molecular complexity index is 1160. The summed E-state index contributed by atoms with van der Waals surface area (Å²) in [5, 5.41) is 1.97. The zero-order valence-corrected chi connectivity index (χ0v) is 20.7. The van der Waals surface area contributed by atoms with E-state index in [4.69, 9.17) is 0 Å². The van der Waals surface area contributed by atoms with Crippen molar-refractivity contribution in [2.45, 2.75) is 38.8 Å². The largest absolute Gasteiger partial charge is 0.332 e. The molecule has 0 radical (unpaired) electrons. The number of benzene rings is 2. The molecule has 0 aliphatic heterocycles. The van der Waals surface area contributed by atoms with Crippen LogP contribution in [0.3, 0.4) is 0 Å². The van der Waals surface area contributed by atoms with E-state index in [1.165, 1.54) is 16.4 Å². The lowest BCUT2D eigenvalue weighted by Crippen LogP contribution is -2.43. The first-order valence-electron chi connectivity index (χ1n) is 10.8. The normalized spacial score (nSPS) is 11.8. The Balaban J connectivity index is 1.88. The molecule has 176 valence electrons. The Labute approximate surface area is 199 Å². The molecule has 0 saturated heterocycles. The lowest BCUT2D eigenvalue weighted by molar-refractivity contribution is -0.132. The molecule has 1 heterocycles. The van der Waals surface area contributed by atoms with Crippen molar-refractivity contribution in [3.8, 4) is 0 Å². The van der Waals surface area contributed by atoms with Gasteiger partial charge in [-0.05, 0) is 59.7 Å². The van der Waals surface area contributed by atoms with E-state index in [1.807, 2.05) is 32.2 Å². The Kier molecular flexibility index (Phi) is 8.40. The van der Waals surface area contributed by atoms with Gasteiger partial charge in [0.1, 0.15) is 5.82 Å². The van der Waals surface area contributed by atoms with Crippen molar-refractivity contribution < 1.29 is 17.6 Å². The number of sulfonamides is 1. The van der Waals surface area contributed by atoms with E-state index < -0.39 is 10.0 Å². The molecule has 1 amide bonds. The number of amides is 1. The van der Waals surface area contributed by atoms with Crippen LogP contribution in [-0.2, 0) is 27.9 Å². The van der Waals surface area contributed by atoms with Crippen LogP contribution >= 0.6 is 11.3 Å². The number of hydrogen-bond acceptors (Lipinski definition) is 4. The van der Waals surface area contributed by atoms with Crippen LogP contribution < -0.4 is 0 Å². The minimum Gasteiger partial charge on any atom is -0.332 e. The topological polar surface area (TPSA) is 57.7 Å². The van der Waals surface area contributed by atoms with Crippen LogP contribution in [0.2, 0.25) is 0 Å². The second-order valence-electron chi connectivity index (χ2n) is 8.41. The summed E-state index contributed by atoms with van der Waals surface area (Å²) in [6.45, 7) is 6.41. The first kappa shape index (κ1) is 25.1. The van der Waals surface area contributed by atoms with Gasteiger partial charge < -0.3 is 4.90 Å². The third-order valence-electron chi connectivity index (χ3n) is 5.20. The summed E-state index contributed by atoms with van der Waals surface area (Å²) >= 11 is 1.55.